The minimum absolute atomic E-state index is 0.00124. The summed E-state index contributed by atoms with van der Waals surface area (Å²) >= 11 is 0. The van der Waals surface area contributed by atoms with E-state index < -0.39 is 0 Å². The normalized spacial score (nSPS) is 12.8. The van der Waals surface area contributed by atoms with Crippen molar-refractivity contribution in [3.63, 3.8) is 0 Å². The van der Waals surface area contributed by atoms with Crippen LogP contribution in [0.2, 0.25) is 0 Å². The minimum atomic E-state index is -0.262. The van der Waals surface area contributed by atoms with Crippen molar-refractivity contribution in [2.75, 3.05) is 32.0 Å². The number of likely N-dealkylation sites (N-methyl/N-ethyl adjacent to an activating group) is 1. The van der Waals surface area contributed by atoms with E-state index in [0.717, 1.165) is 40.8 Å². The van der Waals surface area contributed by atoms with E-state index in [9.17, 15) is 9.18 Å². The maximum absolute atomic E-state index is 13.3. The smallest absolute Gasteiger partial charge is 0.279 e. The van der Waals surface area contributed by atoms with Gasteiger partial charge in [0.1, 0.15) is 5.82 Å². The second-order valence-electron chi connectivity index (χ2n) is 6.49. The van der Waals surface area contributed by atoms with Crippen molar-refractivity contribution in [2.24, 2.45) is 0 Å². The van der Waals surface area contributed by atoms with Gasteiger partial charge in [-0.3, -0.25) is 4.79 Å². The van der Waals surface area contributed by atoms with Crippen molar-refractivity contribution in [2.45, 2.75) is 60.8 Å². The van der Waals surface area contributed by atoms with Gasteiger partial charge in [-0.05, 0) is 56.9 Å². The van der Waals surface area contributed by atoms with Crippen molar-refractivity contribution in [1.29, 1.82) is 0 Å². The van der Waals surface area contributed by atoms with E-state index in [2.05, 4.69) is 26.2 Å². The molecule has 0 spiro atoms. The molecule has 24 heavy (non-hydrogen) atoms. The van der Waals surface area contributed by atoms with Crippen molar-refractivity contribution in [1.82, 2.24) is 0 Å². The van der Waals surface area contributed by atoms with Gasteiger partial charge in [-0.1, -0.05) is 27.2 Å². The number of hydrogen-bond donors (Lipinski definition) is 1. The number of amides is 1. The van der Waals surface area contributed by atoms with Gasteiger partial charge in [0.05, 0.1) is 20.1 Å². The van der Waals surface area contributed by atoms with E-state index in [-0.39, 0.29) is 11.7 Å². The number of quaternary nitrogens is 1. The number of anilines is 1. The Hall–Kier alpha value is -1.42. The quantitative estimate of drug-likeness (QED) is 0.520. The van der Waals surface area contributed by atoms with Gasteiger partial charge in [0.25, 0.3) is 5.91 Å². The molecule has 1 atom stereocenters. The Kier molecular flexibility index (Phi) is 10.5. The van der Waals surface area contributed by atoms with Crippen LogP contribution in [0, 0.1) is 19.7 Å². The number of aryl methyl sites for hydroxylation is 2. The van der Waals surface area contributed by atoms with Gasteiger partial charge in [0.15, 0.2) is 6.54 Å². The zero-order chi connectivity index (χ0) is 18.8. The molecule has 0 fully saturated rings. The highest BCUT2D eigenvalue weighted by Crippen LogP contribution is 2.21. The van der Waals surface area contributed by atoms with Gasteiger partial charge in [-0.2, -0.15) is 0 Å². The summed E-state index contributed by atoms with van der Waals surface area (Å²) in [5.74, 6) is -0.264. The average molecular weight is 340 g/mol. The van der Waals surface area contributed by atoms with Crippen molar-refractivity contribution < 1.29 is 13.7 Å². The molecule has 0 aliphatic rings. The molecular weight excluding hydrogens is 303 g/mol. The van der Waals surface area contributed by atoms with Gasteiger partial charge in [-0.15, -0.1) is 0 Å². The average Bonchev–Trinajstić information content (AvgIpc) is 2.53. The molecule has 0 aromatic heterocycles. The zero-order valence-corrected chi connectivity index (χ0v) is 16.6. The van der Waals surface area contributed by atoms with E-state index in [4.69, 9.17) is 0 Å². The van der Waals surface area contributed by atoms with Crippen LogP contribution in [0.5, 0.6) is 0 Å². The lowest BCUT2D eigenvalue weighted by atomic mass is 10.1. The van der Waals surface area contributed by atoms with Crippen LogP contribution in [0.15, 0.2) is 12.1 Å². The Morgan fingerprint density at radius 2 is 1.67 bits per heavy atom. The molecule has 1 rings (SSSR count). The van der Waals surface area contributed by atoms with Crippen LogP contribution in [0.25, 0.3) is 0 Å². The molecule has 1 amide bonds. The molecule has 0 radical (unpaired) electrons. The molecule has 138 valence electrons. The summed E-state index contributed by atoms with van der Waals surface area (Å²) in [5.41, 5.74) is 2.27. The van der Waals surface area contributed by atoms with Crippen LogP contribution >= 0.6 is 0 Å². The van der Waals surface area contributed by atoms with Crippen molar-refractivity contribution in [3.8, 4) is 0 Å². The highest BCUT2D eigenvalue weighted by molar-refractivity contribution is 5.93. The second kappa shape index (κ2) is 11.2. The molecule has 1 aromatic carbocycles. The predicted octanol–water partition coefficient (Wildman–Crippen LogP) is 5.06. The monoisotopic (exact) mass is 339 g/mol. The van der Waals surface area contributed by atoms with Crippen LogP contribution in [-0.2, 0) is 4.79 Å². The third kappa shape index (κ3) is 7.43. The molecule has 0 aliphatic carbocycles. The number of nitrogens with one attached hydrogen (secondary N) is 1. The standard InChI is InChI=1S/C18H29FN2O.C2H6/c1-6-8-9-10-21(5,7-2)13-17(22)20-18-14(3)11-16(19)12-15(18)4;1-2/h11-12H,6-10,13H2,1-5H3;1-2H3/p+1. The van der Waals surface area contributed by atoms with Crippen molar-refractivity contribution >= 4 is 11.6 Å². The maximum Gasteiger partial charge on any atom is 0.279 e. The molecule has 4 heteroatoms. The molecule has 1 N–H and O–H groups in total. The topological polar surface area (TPSA) is 29.1 Å². The van der Waals surface area contributed by atoms with Gasteiger partial charge >= 0.3 is 0 Å². The van der Waals surface area contributed by atoms with E-state index in [1.807, 2.05) is 27.7 Å². The summed E-state index contributed by atoms with van der Waals surface area (Å²) in [6.07, 6.45) is 3.53. The van der Waals surface area contributed by atoms with E-state index >= 15 is 0 Å². The summed E-state index contributed by atoms with van der Waals surface area (Å²) in [7, 11) is 2.12. The first-order chi connectivity index (χ1) is 11.3. The molecule has 0 aliphatic heterocycles. The van der Waals surface area contributed by atoms with E-state index in [1.54, 1.807) is 0 Å². The Labute approximate surface area is 147 Å². The number of nitrogens with zero attached hydrogens (tertiary/aromatic N) is 1. The van der Waals surface area contributed by atoms with E-state index in [1.165, 1.54) is 25.0 Å². The van der Waals surface area contributed by atoms with Crippen LogP contribution in [0.3, 0.4) is 0 Å². The molecule has 1 unspecified atom stereocenters. The lowest BCUT2D eigenvalue weighted by molar-refractivity contribution is -0.900. The molecular formula is C20H36FN2O+. The number of rotatable bonds is 8. The lowest BCUT2D eigenvalue weighted by Gasteiger charge is -2.33. The van der Waals surface area contributed by atoms with Crippen LogP contribution in [0.4, 0.5) is 10.1 Å². The predicted molar refractivity (Wildman–Crippen MR) is 102 cm³/mol. The van der Waals surface area contributed by atoms with Crippen molar-refractivity contribution in [3.05, 3.63) is 29.1 Å². The summed E-state index contributed by atoms with van der Waals surface area (Å²) in [4.78, 5) is 12.4. The molecule has 1 aromatic rings. The molecule has 0 heterocycles. The summed E-state index contributed by atoms with van der Waals surface area (Å²) in [6, 6.07) is 2.91. The minimum Gasteiger partial charge on any atom is -0.321 e. The zero-order valence-electron chi connectivity index (χ0n) is 16.6. The fourth-order valence-corrected chi connectivity index (χ4v) is 2.73. The van der Waals surface area contributed by atoms with Gasteiger partial charge in [-0.25, -0.2) is 4.39 Å². The lowest BCUT2D eigenvalue weighted by Crippen LogP contribution is -2.49. The SMILES string of the molecule is CC.CCCCC[N+](C)(CC)CC(=O)Nc1c(C)cc(F)cc1C. The van der Waals surface area contributed by atoms with Crippen LogP contribution < -0.4 is 5.32 Å². The number of hydrogen-bond acceptors (Lipinski definition) is 1. The van der Waals surface area contributed by atoms with Crippen LogP contribution in [-0.4, -0.2) is 37.1 Å². The largest absolute Gasteiger partial charge is 0.321 e. The number of benzene rings is 1. The Morgan fingerprint density at radius 3 is 2.12 bits per heavy atom. The third-order valence-electron chi connectivity index (χ3n) is 4.35. The number of carbonyl (C=O) groups is 1. The third-order valence-corrected chi connectivity index (χ3v) is 4.35. The Balaban J connectivity index is 0.00000254. The first kappa shape index (κ1) is 22.6. The first-order valence-corrected chi connectivity index (χ1v) is 9.21. The van der Waals surface area contributed by atoms with Gasteiger partial charge in [0.2, 0.25) is 0 Å². The first-order valence-electron chi connectivity index (χ1n) is 9.21. The number of carbonyl (C=O) groups excluding carboxylic acids is 1. The molecule has 0 saturated carbocycles. The molecule has 0 saturated heterocycles. The molecule has 3 nitrogen and oxygen atoms in total. The summed E-state index contributed by atoms with van der Waals surface area (Å²) in [5, 5.41) is 2.96. The summed E-state index contributed by atoms with van der Waals surface area (Å²) in [6.45, 7) is 14.3. The highest BCUT2D eigenvalue weighted by Gasteiger charge is 2.23. The number of unbranched alkanes of at least 4 members (excludes halogenated alkanes) is 2. The number of halogens is 1. The Morgan fingerprint density at radius 1 is 1.12 bits per heavy atom. The van der Waals surface area contributed by atoms with E-state index in [0.29, 0.717) is 6.54 Å². The van der Waals surface area contributed by atoms with Gasteiger partial charge in [0, 0.05) is 5.69 Å². The highest BCUT2D eigenvalue weighted by atomic mass is 19.1. The summed E-state index contributed by atoms with van der Waals surface area (Å²) < 4.78 is 14.1. The fraction of sp³-hybridized carbons (Fsp3) is 0.650. The Bertz CT molecular complexity index is 493. The molecule has 0 bridgehead atoms. The maximum atomic E-state index is 13.3. The second-order valence-corrected chi connectivity index (χ2v) is 6.49. The van der Waals surface area contributed by atoms with Gasteiger partial charge < -0.3 is 9.80 Å². The van der Waals surface area contributed by atoms with Crippen LogP contribution in [0.1, 0.15) is 58.1 Å². The fourth-order valence-electron chi connectivity index (χ4n) is 2.73.